The zero-order valence-corrected chi connectivity index (χ0v) is 20.7. The number of nitrogens with one attached hydrogen (secondary N) is 1. The Balaban J connectivity index is 1.61. The molecule has 0 radical (unpaired) electrons. The van der Waals surface area contributed by atoms with E-state index in [4.69, 9.17) is 9.72 Å². The van der Waals surface area contributed by atoms with E-state index in [1.165, 1.54) is 0 Å². The molecule has 1 N–H and O–H groups in total. The van der Waals surface area contributed by atoms with E-state index in [2.05, 4.69) is 5.32 Å². The molecule has 36 heavy (non-hydrogen) atoms. The van der Waals surface area contributed by atoms with Crippen molar-refractivity contribution < 1.29 is 14.3 Å². The Bertz CT molecular complexity index is 1300. The monoisotopic (exact) mass is 482 g/mol. The fraction of sp³-hybridized carbons (Fsp3) is 0.207. The van der Waals surface area contributed by atoms with Gasteiger partial charge >= 0.3 is 0 Å². The highest BCUT2D eigenvalue weighted by Gasteiger charge is 2.21. The third-order valence-electron chi connectivity index (χ3n) is 5.61. The molecule has 0 aliphatic carbocycles. The van der Waals surface area contributed by atoms with Gasteiger partial charge in [-0.1, -0.05) is 62.4 Å². The average Bonchev–Trinajstić information content (AvgIpc) is 3.32. The van der Waals surface area contributed by atoms with Crippen molar-refractivity contribution in [2.24, 2.45) is 5.92 Å². The van der Waals surface area contributed by atoms with Gasteiger partial charge in [-0.05, 0) is 42.3 Å². The zero-order chi connectivity index (χ0) is 25.5. The van der Waals surface area contributed by atoms with Crippen LogP contribution >= 0.6 is 0 Å². The van der Waals surface area contributed by atoms with Crippen LogP contribution in [-0.4, -0.2) is 46.5 Å². The number of hydrogen-bond donors (Lipinski definition) is 1. The molecule has 0 unspecified atom stereocenters. The van der Waals surface area contributed by atoms with Gasteiger partial charge in [0.25, 0.3) is 5.91 Å². The minimum Gasteiger partial charge on any atom is -0.497 e. The number of methoxy groups -OCH3 is 1. The Hall–Kier alpha value is -4.39. The summed E-state index contributed by atoms with van der Waals surface area (Å²) in [6.45, 7) is 4.42. The summed E-state index contributed by atoms with van der Waals surface area (Å²) < 4.78 is 7.10. The smallest absolute Gasteiger partial charge is 0.254 e. The minimum atomic E-state index is -0.320. The van der Waals surface area contributed by atoms with E-state index >= 15 is 0 Å². The normalized spacial score (nSPS) is 10.8. The molecule has 7 nitrogen and oxygen atoms in total. The predicted molar refractivity (Wildman–Crippen MR) is 141 cm³/mol. The third-order valence-corrected chi connectivity index (χ3v) is 5.61. The third kappa shape index (κ3) is 5.99. The summed E-state index contributed by atoms with van der Waals surface area (Å²) in [6.07, 6.45) is 1.88. The van der Waals surface area contributed by atoms with Crippen LogP contribution in [0, 0.1) is 5.92 Å². The molecule has 4 rings (SSSR count). The van der Waals surface area contributed by atoms with Gasteiger partial charge < -0.3 is 9.64 Å². The van der Waals surface area contributed by atoms with Gasteiger partial charge in [0.2, 0.25) is 11.9 Å². The summed E-state index contributed by atoms with van der Waals surface area (Å²) in [5.41, 5.74) is 3.03. The van der Waals surface area contributed by atoms with E-state index in [9.17, 15) is 9.59 Å². The lowest BCUT2D eigenvalue weighted by atomic mass is 10.1. The molecule has 184 valence electrons. The Kier molecular flexibility index (Phi) is 7.80. The molecule has 0 bridgehead atoms. The molecule has 2 amide bonds. The fourth-order valence-corrected chi connectivity index (χ4v) is 3.92. The second-order valence-electron chi connectivity index (χ2n) is 8.88. The number of benzene rings is 3. The van der Waals surface area contributed by atoms with Crippen molar-refractivity contribution in [2.45, 2.75) is 13.8 Å². The first-order chi connectivity index (χ1) is 17.4. The standard InChI is InChI=1S/C29H30N4O3/c1-21(2)18-32(28(35)23-12-8-5-9-13-23)20-27(34)31-29-30-26(22-10-6-4-7-11-22)19-33(29)24-14-16-25(36-3)17-15-24/h4-17,19,21H,18,20H2,1-3H3,(H,30,31,34). The molecular formula is C29H30N4O3. The van der Waals surface area contributed by atoms with E-state index in [0.29, 0.717) is 18.1 Å². The number of carbonyl (C=O) groups excluding carboxylic acids is 2. The van der Waals surface area contributed by atoms with Crippen LogP contribution in [0.4, 0.5) is 5.95 Å². The highest BCUT2D eigenvalue weighted by atomic mass is 16.5. The number of anilines is 1. The summed E-state index contributed by atoms with van der Waals surface area (Å²) in [7, 11) is 1.62. The first-order valence-corrected chi connectivity index (χ1v) is 11.9. The number of nitrogens with zero attached hydrogens (tertiary/aromatic N) is 3. The van der Waals surface area contributed by atoms with Crippen molar-refractivity contribution in [2.75, 3.05) is 25.5 Å². The summed E-state index contributed by atoms with van der Waals surface area (Å²) >= 11 is 0. The molecule has 0 fully saturated rings. The first-order valence-electron chi connectivity index (χ1n) is 11.9. The molecule has 0 saturated carbocycles. The van der Waals surface area contributed by atoms with Crippen LogP contribution < -0.4 is 10.1 Å². The maximum atomic E-state index is 13.2. The maximum Gasteiger partial charge on any atom is 0.254 e. The molecule has 0 atom stereocenters. The zero-order valence-electron chi connectivity index (χ0n) is 20.7. The number of imidazole rings is 1. The Morgan fingerprint density at radius 3 is 2.19 bits per heavy atom. The van der Waals surface area contributed by atoms with Gasteiger partial charge in [0, 0.05) is 29.6 Å². The Morgan fingerprint density at radius 2 is 1.58 bits per heavy atom. The van der Waals surface area contributed by atoms with Crippen LogP contribution in [0.25, 0.3) is 16.9 Å². The van der Waals surface area contributed by atoms with E-state index in [1.54, 1.807) is 24.1 Å². The number of ether oxygens (including phenoxy) is 1. The lowest BCUT2D eigenvalue weighted by molar-refractivity contribution is -0.117. The van der Waals surface area contributed by atoms with Gasteiger partial charge in [-0.25, -0.2) is 4.98 Å². The second kappa shape index (κ2) is 11.4. The SMILES string of the molecule is COc1ccc(-n2cc(-c3ccccc3)nc2NC(=O)CN(CC(C)C)C(=O)c2ccccc2)cc1. The van der Waals surface area contributed by atoms with Crippen molar-refractivity contribution in [1.82, 2.24) is 14.5 Å². The summed E-state index contributed by atoms with van der Waals surface area (Å²) in [4.78, 5) is 32.6. The molecule has 0 saturated heterocycles. The number of hydrogen-bond acceptors (Lipinski definition) is 4. The fourth-order valence-electron chi connectivity index (χ4n) is 3.92. The number of amides is 2. The number of aromatic nitrogens is 2. The molecule has 1 heterocycles. The second-order valence-corrected chi connectivity index (χ2v) is 8.88. The topological polar surface area (TPSA) is 76.5 Å². The van der Waals surface area contributed by atoms with Crippen molar-refractivity contribution in [3.63, 3.8) is 0 Å². The Morgan fingerprint density at radius 1 is 0.944 bits per heavy atom. The van der Waals surface area contributed by atoms with Gasteiger partial charge in [0.15, 0.2) is 0 Å². The first kappa shape index (κ1) is 24.7. The summed E-state index contributed by atoms with van der Waals surface area (Å²) in [6, 6.07) is 26.3. The molecule has 7 heteroatoms. The minimum absolute atomic E-state index is 0.0813. The van der Waals surface area contributed by atoms with E-state index in [-0.39, 0.29) is 24.3 Å². The van der Waals surface area contributed by atoms with E-state index < -0.39 is 0 Å². The van der Waals surface area contributed by atoms with E-state index in [1.807, 2.05) is 97.4 Å². The largest absolute Gasteiger partial charge is 0.497 e. The maximum absolute atomic E-state index is 13.2. The predicted octanol–water partition coefficient (Wildman–Crippen LogP) is 5.28. The molecule has 0 aliphatic rings. The van der Waals surface area contributed by atoms with Gasteiger partial charge in [0.05, 0.1) is 12.8 Å². The number of carbonyl (C=O) groups is 2. The average molecular weight is 483 g/mol. The van der Waals surface area contributed by atoms with Gasteiger partial charge in [0.1, 0.15) is 12.3 Å². The van der Waals surface area contributed by atoms with Crippen molar-refractivity contribution >= 4 is 17.8 Å². The highest BCUT2D eigenvalue weighted by molar-refractivity contribution is 5.99. The summed E-state index contributed by atoms with van der Waals surface area (Å²) in [5, 5.41) is 2.93. The molecule has 4 aromatic rings. The van der Waals surface area contributed by atoms with Crippen molar-refractivity contribution in [1.29, 1.82) is 0 Å². The van der Waals surface area contributed by atoms with Crippen molar-refractivity contribution in [3.8, 4) is 22.7 Å². The number of rotatable bonds is 9. The van der Waals surface area contributed by atoms with Gasteiger partial charge in [-0.15, -0.1) is 0 Å². The molecule has 0 spiro atoms. The molecule has 3 aromatic carbocycles. The van der Waals surface area contributed by atoms with Crippen LogP contribution in [0.3, 0.4) is 0 Å². The molecule has 0 aliphatic heterocycles. The van der Waals surface area contributed by atoms with Crippen molar-refractivity contribution in [3.05, 3.63) is 96.7 Å². The van der Waals surface area contributed by atoms with Crippen LogP contribution in [0.2, 0.25) is 0 Å². The lowest BCUT2D eigenvalue weighted by Gasteiger charge is -2.24. The molecular weight excluding hydrogens is 452 g/mol. The van der Waals surface area contributed by atoms with E-state index in [0.717, 1.165) is 22.7 Å². The van der Waals surface area contributed by atoms with Crippen LogP contribution in [-0.2, 0) is 4.79 Å². The van der Waals surface area contributed by atoms with Gasteiger partial charge in [-0.2, -0.15) is 0 Å². The quantitative estimate of drug-likeness (QED) is 0.352. The Labute approximate surface area is 211 Å². The van der Waals surface area contributed by atoms with Crippen LogP contribution in [0.5, 0.6) is 5.75 Å². The van der Waals surface area contributed by atoms with Crippen LogP contribution in [0.1, 0.15) is 24.2 Å². The van der Waals surface area contributed by atoms with Crippen LogP contribution in [0.15, 0.2) is 91.1 Å². The molecule has 1 aromatic heterocycles. The summed E-state index contributed by atoms with van der Waals surface area (Å²) in [5.74, 6) is 0.816. The highest BCUT2D eigenvalue weighted by Crippen LogP contribution is 2.25. The lowest BCUT2D eigenvalue weighted by Crippen LogP contribution is -2.40. The van der Waals surface area contributed by atoms with Gasteiger partial charge in [-0.3, -0.25) is 19.5 Å².